The van der Waals surface area contributed by atoms with E-state index in [0.29, 0.717) is 18.2 Å². The van der Waals surface area contributed by atoms with Crippen LogP contribution < -0.4 is 11.1 Å². The minimum atomic E-state index is 0.182. The fourth-order valence-corrected chi connectivity index (χ4v) is 2.69. The highest BCUT2D eigenvalue weighted by Crippen LogP contribution is 2.30. The maximum atomic E-state index is 6.03. The standard InChI is InChI=1S/C11H22N2O/c1-11(5-2-3-6-11)13-10-4-7-14-8-9(10)12/h9-10,13H,2-8,12H2,1H3/t9-,10-/m1/s1. The molecule has 0 bridgehead atoms. The van der Waals surface area contributed by atoms with Crippen molar-refractivity contribution in [3.8, 4) is 0 Å². The molecule has 0 aromatic carbocycles. The number of hydrogen-bond donors (Lipinski definition) is 2. The normalized spacial score (nSPS) is 37.3. The quantitative estimate of drug-likeness (QED) is 0.696. The number of nitrogens with two attached hydrogens (primary N) is 1. The highest BCUT2D eigenvalue weighted by molar-refractivity contribution is 4.94. The zero-order valence-corrected chi connectivity index (χ0v) is 9.09. The van der Waals surface area contributed by atoms with Gasteiger partial charge >= 0.3 is 0 Å². The lowest BCUT2D eigenvalue weighted by molar-refractivity contribution is 0.0531. The minimum absolute atomic E-state index is 0.182. The van der Waals surface area contributed by atoms with Crippen LogP contribution in [0.4, 0.5) is 0 Å². The van der Waals surface area contributed by atoms with Gasteiger partial charge < -0.3 is 15.8 Å². The summed E-state index contributed by atoms with van der Waals surface area (Å²) in [6.45, 7) is 3.91. The second-order valence-corrected chi connectivity index (χ2v) is 5.05. The number of hydrogen-bond acceptors (Lipinski definition) is 3. The Morgan fingerprint density at radius 3 is 2.71 bits per heavy atom. The maximum absolute atomic E-state index is 6.03. The van der Waals surface area contributed by atoms with Crippen molar-refractivity contribution in [2.45, 2.75) is 56.7 Å². The molecule has 1 heterocycles. The van der Waals surface area contributed by atoms with E-state index in [1.54, 1.807) is 0 Å². The minimum Gasteiger partial charge on any atom is -0.380 e. The Labute approximate surface area is 86.4 Å². The number of rotatable bonds is 2. The maximum Gasteiger partial charge on any atom is 0.0632 e. The zero-order chi connectivity index (χ0) is 10.0. The molecule has 3 N–H and O–H groups in total. The molecule has 2 atom stereocenters. The molecule has 1 aliphatic carbocycles. The van der Waals surface area contributed by atoms with Gasteiger partial charge in [0, 0.05) is 24.2 Å². The molecule has 14 heavy (non-hydrogen) atoms. The van der Waals surface area contributed by atoms with Gasteiger partial charge in [-0.05, 0) is 26.2 Å². The predicted molar refractivity (Wildman–Crippen MR) is 57.2 cm³/mol. The SMILES string of the molecule is CC1(N[C@@H]2CCOC[C@H]2N)CCCC1. The molecule has 2 rings (SSSR count). The zero-order valence-electron chi connectivity index (χ0n) is 9.09. The molecular formula is C11H22N2O. The summed E-state index contributed by atoms with van der Waals surface area (Å²) in [5, 5.41) is 3.74. The largest absolute Gasteiger partial charge is 0.380 e. The van der Waals surface area contributed by atoms with Crippen molar-refractivity contribution < 1.29 is 4.74 Å². The molecule has 0 aromatic heterocycles. The van der Waals surface area contributed by atoms with E-state index in [0.717, 1.165) is 13.0 Å². The average molecular weight is 198 g/mol. The van der Waals surface area contributed by atoms with Crippen LogP contribution in [0.25, 0.3) is 0 Å². The third kappa shape index (κ3) is 2.27. The van der Waals surface area contributed by atoms with E-state index in [-0.39, 0.29) is 6.04 Å². The van der Waals surface area contributed by atoms with Crippen LogP contribution in [0, 0.1) is 0 Å². The number of ether oxygens (including phenoxy) is 1. The first-order valence-corrected chi connectivity index (χ1v) is 5.81. The van der Waals surface area contributed by atoms with Crippen LogP contribution in [0.2, 0.25) is 0 Å². The molecule has 0 amide bonds. The van der Waals surface area contributed by atoms with Crippen molar-refractivity contribution in [2.75, 3.05) is 13.2 Å². The van der Waals surface area contributed by atoms with E-state index in [1.165, 1.54) is 25.7 Å². The summed E-state index contributed by atoms with van der Waals surface area (Å²) < 4.78 is 5.34. The van der Waals surface area contributed by atoms with Crippen LogP contribution in [-0.4, -0.2) is 30.8 Å². The van der Waals surface area contributed by atoms with Crippen molar-refractivity contribution >= 4 is 0 Å². The van der Waals surface area contributed by atoms with E-state index >= 15 is 0 Å². The molecule has 3 nitrogen and oxygen atoms in total. The van der Waals surface area contributed by atoms with Crippen molar-refractivity contribution in [3.63, 3.8) is 0 Å². The van der Waals surface area contributed by atoms with Gasteiger partial charge in [0.25, 0.3) is 0 Å². The first-order chi connectivity index (χ1) is 6.70. The molecule has 1 saturated carbocycles. The van der Waals surface area contributed by atoms with Crippen molar-refractivity contribution in [1.82, 2.24) is 5.32 Å². The summed E-state index contributed by atoms with van der Waals surface area (Å²) in [4.78, 5) is 0. The molecule has 0 spiro atoms. The van der Waals surface area contributed by atoms with Crippen molar-refractivity contribution in [2.24, 2.45) is 5.73 Å². The molecule has 0 radical (unpaired) electrons. The highest BCUT2D eigenvalue weighted by Gasteiger charge is 2.33. The van der Waals surface area contributed by atoms with Gasteiger partial charge in [0.05, 0.1) is 6.61 Å². The average Bonchev–Trinajstić information content (AvgIpc) is 2.57. The van der Waals surface area contributed by atoms with E-state index < -0.39 is 0 Å². The van der Waals surface area contributed by atoms with Crippen LogP contribution in [0.15, 0.2) is 0 Å². The smallest absolute Gasteiger partial charge is 0.0632 e. The van der Waals surface area contributed by atoms with Crippen LogP contribution in [0.3, 0.4) is 0 Å². The molecule has 2 fully saturated rings. The van der Waals surface area contributed by atoms with Crippen LogP contribution in [-0.2, 0) is 4.74 Å². The van der Waals surface area contributed by atoms with Crippen LogP contribution >= 0.6 is 0 Å². The van der Waals surface area contributed by atoms with Gasteiger partial charge in [-0.15, -0.1) is 0 Å². The fraction of sp³-hybridized carbons (Fsp3) is 1.00. The molecular weight excluding hydrogens is 176 g/mol. The third-order valence-corrected chi connectivity index (χ3v) is 3.64. The third-order valence-electron chi connectivity index (χ3n) is 3.64. The van der Waals surface area contributed by atoms with Gasteiger partial charge in [-0.1, -0.05) is 12.8 Å². The van der Waals surface area contributed by atoms with Gasteiger partial charge in [0.15, 0.2) is 0 Å². The van der Waals surface area contributed by atoms with Gasteiger partial charge in [-0.2, -0.15) is 0 Å². The lowest BCUT2D eigenvalue weighted by Crippen LogP contribution is -2.57. The summed E-state index contributed by atoms with van der Waals surface area (Å²) in [5.74, 6) is 0. The Morgan fingerprint density at radius 1 is 1.36 bits per heavy atom. The Bertz CT molecular complexity index is 190. The molecule has 2 aliphatic rings. The lowest BCUT2D eigenvalue weighted by atomic mass is 9.95. The summed E-state index contributed by atoms with van der Waals surface area (Å²) >= 11 is 0. The molecule has 0 aromatic rings. The van der Waals surface area contributed by atoms with E-state index in [2.05, 4.69) is 12.2 Å². The van der Waals surface area contributed by atoms with E-state index in [1.807, 2.05) is 0 Å². The Morgan fingerprint density at radius 2 is 2.07 bits per heavy atom. The van der Waals surface area contributed by atoms with Crippen molar-refractivity contribution in [1.29, 1.82) is 0 Å². The monoisotopic (exact) mass is 198 g/mol. The Kier molecular flexibility index (Phi) is 3.10. The summed E-state index contributed by atoms with van der Waals surface area (Å²) in [6, 6.07) is 0.646. The molecule has 1 aliphatic heterocycles. The second-order valence-electron chi connectivity index (χ2n) is 5.05. The first-order valence-electron chi connectivity index (χ1n) is 5.81. The van der Waals surface area contributed by atoms with Gasteiger partial charge in [-0.3, -0.25) is 0 Å². The molecule has 1 saturated heterocycles. The van der Waals surface area contributed by atoms with E-state index in [9.17, 15) is 0 Å². The summed E-state index contributed by atoms with van der Waals surface area (Å²) in [5.41, 5.74) is 6.38. The summed E-state index contributed by atoms with van der Waals surface area (Å²) in [6.07, 6.45) is 6.40. The molecule has 82 valence electrons. The fourth-order valence-electron chi connectivity index (χ4n) is 2.69. The van der Waals surface area contributed by atoms with Gasteiger partial charge in [0.2, 0.25) is 0 Å². The van der Waals surface area contributed by atoms with Crippen LogP contribution in [0.5, 0.6) is 0 Å². The predicted octanol–water partition coefficient (Wildman–Crippen LogP) is 1.02. The van der Waals surface area contributed by atoms with E-state index in [4.69, 9.17) is 10.5 Å². The Hall–Kier alpha value is -0.120. The highest BCUT2D eigenvalue weighted by atomic mass is 16.5. The van der Waals surface area contributed by atoms with Crippen molar-refractivity contribution in [3.05, 3.63) is 0 Å². The molecule has 0 unspecified atom stereocenters. The van der Waals surface area contributed by atoms with Gasteiger partial charge in [0.1, 0.15) is 0 Å². The lowest BCUT2D eigenvalue weighted by Gasteiger charge is -2.37. The summed E-state index contributed by atoms with van der Waals surface area (Å²) in [7, 11) is 0. The van der Waals surface area contributed by atoms with Crippen LogP contribution in [0.1, 0.15) is 39.0 Å². The van der Waals surface area contributed by atoms with Gasteiger partial charge in [-0.25, -0.2) is 0 Å². The first kappa shape index (κ1) is 10.4. The topological polar surface area (TPSA) is 47.3 Å². The molecule has 3 heteroatoms. The number of nitrogens with one attached hydrogen (secondary N) is 1. The second kappa shape index (κ2) is 4.17. The Balaban J connectivity index is 1.88.